The first-order chi connectivity index (χ1) is 9.70. The summed E-state index contributed by atoms with van der Waals surface area (Å²) in [5.41, 5.74) is 0.0406. The minimum Gasteiger partial charge on any atom is -0.481 e. The SMILES string of the molecule is CN(C)c1ccc(C(F)(F)F)c(C(CC(=O)O)C2CC2)c1. The van der Waals surface area contributed by atoms with Gasteiger partial charge in [0, 0.05) is 19.8 Å². The Morgan fingerprint density at radius 3 is 2.43 bits per heavy atom. The van der Waals surface area contributed by atoms with Crippen LogP contribution >= 0.6 is 0 Å². The highest BCUT2D eigenvalue weighted by molar-refractivity contribution is 5.68. The first-order valence-electron chi connectivity index (χ1n) is 6.80. The number of carbonyl (C=O) groups is 1. The molecule has 1 aliphatic carbocycles. The molecule has 0 saturated heterocycles. The van der Waals surface area contributed by atoms with Crippen LogP contribution in [-0.2, 0) is 11.0 Å². The summed E-state index contributed by atoms with van der Waals surface area (Å²) in [7, 11) is 3.49. The van der Waals surface area contributed by atoms with Crippen LogP contribution in [0.4, 0.5) is 18.9 Å². The van der Waals surface area contributed by atoms with Gasteiger partial charge in [0.25, 0.3) is 0 Å². The Kier molecular flexibility index (Phi) is 4.16. The van der Waals surface area contributed by atoms with E-state index in [2.05, 4.69) is 0 Å². The van der Waals surface area contributed by atoms with Crippen LogP contribution in [0, 0.1) is 5.92 Å². The molecule has 1 aliphatic rings. The number of halogens is 3. The summed E-state index contributed by atoms with van der Waals surface area (Å²) in [6.45, 7) is 0. The average Bonchev–Trinajstić information content (AvgIpc) is 3.18. The molecule has 0 heterocycles. The van der Waals surface area contributed by atoms with Gasteiger partial charge in [0.15, 0.2) is 0 Å². The van der Waals surface area contributed by atoms with Crippen LogP contribution in [0.5, 0.6) is 0 Å². The van der Waals surface area contributed by atoms with Crippen LogP contribution in [0.3, 0.4) is 0 Å². The maximum absolute atomic E-state index is 13.2. The first-order valence-corrected chi connectivity index (χ1v) is 6.80. The monoisotopic (exact) mass is 301 g/mol. The Bertz CT molecular complexity index is 536. The number of aliphatic carboxylic acids is 1. The molecule has 0 aromatic heterocycles. The number of hydrogen-bond donors (Lipinski definition) is 1. The largest absolute Gasteiger partial charge is 0.481 e. The average molecular weight is 301 g/mol. The maximum Gasteiger partial charge on any atom is 0.416 e. The third kappa shape index (κ3) is 3.68. The third-order valence-electron chi connectivity index (χ3n) is 3.84. The standard InChI is InChI=1S/C15H18F3NO2/c1-19(2)10-5-6-13(15(16,17)18)12(7-10)11(8-14(20)21)9-3-4-9/h5-7,9,11H,3-4,8H2,1-2H3,(H,20,21). The Hall–Kier alpha value is -1.72. The van der Waals surface area contributed by atoms with Gasteiger partial charge >= 0.3 is 12.1 Å². The summed E-state index contributed by atoms with van der Waals surface area (Å²) in [6.07, 6.45) is -3.14. The molecule has 6 heteroatoms. The highest BCUT2D eigenvalue weighted by atomic mass is 19.4. The molecule has 1 saturated carbocycles. The van der Waals surface area contributed by atoms with E-state index >= 15 is 0 Å². The second kappa shape index (κ2) is 5.58. The molecule has 3 nitrogen and oxygen atoms in total. The van der Waals surface area contributed by atoms with Crippen molar-refractivity contribution in [3.63, 3.8) is 0 Å². The molecule has 1 atom stereocenters. The molecule has 0 bridgehead atoms. The number of carboxylic acid groups (broad SMARTS) is 1. The van der Waals surface area contributed by atoms with Gasteiger partial charge in [-0.3, -0.25) is 4.79 Å². The number of carboxylic acids is 1. The number of anilines is 1. The number of alkyl halides is 3. The van der Waals surface area contributed by atoms with Gasteiger partial charge in [-0.25, -0.2) is 0 Å². The van der Waals surface area contributed by atoms with Gasteiger partial charge in [0.1, 0.15) is 0 Å². The van der Waals surface area contributed by atoms with Crippen molar-refractivity contribution in [1.82, 2.24) is 0 Å². The second-order valence-electron chi connectivity index (χ2n) is 5.71. The van der Waals surface area contributed by atoms with Crippen molar-refractivity contribution in [3.05, 3.63) is 29.3 Å². The van der Waals surface area contributed by atoms with Crippen molar-refractivity contribution >= 4 is 11.7 Å². The van der Waals surface area contributed by atoms with Crippen LogP contribution in [-0.4, -0.2) is 25.2 Å². The summed E-state index contributed by atoms with van der Waals surface area (Å²) in [4.78, 5) is 12.7. The topological polar surface area (TPSA) is 40.5 Å². The van der Waals surface area contributed by atoms with Gasteiger partial charge in [-0.2, -0.15) is 13.2 Å². The Labute approximate surface area is 121 Å². The van der Waals surface area contributed by atoms with Crippen molar-refractivity contribution < 1.29 is 23.1 Å². The normalized spacial score (nSPS) is 16.6. The second-order valence-corrected chi connectivity index (χ2v) is 5.71. The fourth-order valence-corrected chi connectivity index (χ4v) is 2.61. The molecule has 1 fully saturated rings. The molecule has 0 aliphatic heterocycles. The van der Waals surface area contributed by atoms with Gasteiger partial charge in [-0.05, 0) is 48.4 Å². The zero-order valence-electron chi connectivity index (χ0n) is 11.9. The quantitative estimate of drug-likeness (QED) is 0.900. The van der Waals surface area contributed by atoms with Gasteiger partial charge < -0.3 is 10.0 Å². The van der Waals surface area contributed by atoms with E-state index in [0.717, 1.165) is 18.9 Å². The molecule has 21 heavy (non-hydrogen) atoms. The minimum atomic E-state index is -4.47. The first kappa shape index (κ1) is 15.7. The van der Waals surface area contributed by atoms with E-state index in [-0.39, 0.29) is 17.9 Å². The van der Waals surface area contributed by atoms with E-state index in [1.807, 2.05) is 0 Å². The molecule has 2 rings (SSSR count). The molecule has 1 aromatic rings. The summed E-state index contributed by atoms with van der Waals surface area (Å²) >= 11 is 0. The Morgan fingerprint density at radius 2 is 2.00 bits per heavy atom. The molecule has 1 aromatic carbocycles. The number of nitrogens with zero attached hydrogens (tertiary/aromatic N) is 1. The van der Waals surface area contributed by atoms with E-state index in [0.29, 0.717) is 5.69 Å². The van der Waals surface area contributed by atoms with E-state index in [1.165, 1.54) is 12.1 Å². The van der Waals surface area contributed by atoms with Gasteiger partial charge in [0.2, 0.25) is 0 Å². The predicted octanol–water partition coefficient (Wildman–Crippen LogP) is 3.74. The van der Waals surface area contributed by atoms with Crippen molar-refractivity contribution in [2.24, 2.45) is 5.92 Å². The number of rotatable bonds is 5. The third-order valence-corrected chi connectivity index (χ3v) is 3.84. The van der Waals surface area contributed by atoms with Crippen LogP contribution in [0.2, 0.25) is 0 Å². The molecule has 1 N–H and O–H groups in total. The number of benzene rings is 1. The van der Waals surface area contributed by atoms with E-state index in [9.17, 15) is 18.0 Å². The van der Waals surface area contributed by atoms with Gasteiger partial charge in [-0.1, -0.05) is 0 Å². The minimum absolute atomic E-state index is 0.0413. The maximum atomic E-state index is 13.2. The lowest BCUT2D eigenvalue weighted by Gasteiger charge is -2.23. The summed E-state index contributed by atoms with van der Waals surface area (Å²) in [6, 6.07) is 3.95. The Morgan fingerprint density at radius 1 is 1.38 bits per heavy atom. The van der Waals surface area contributed by atoms with Crippen molar-refractivity contribution in [1.29, 1.82) is 0 Å². The smallest absolute Gasteiger partial charge is 0.416 e. The van der Waals surface area contributed by atoms with Crippen LogP contribution < -0.4 is 4.90 Å². The van der Waals surface area contributed by atoms with Crippen LogP contribution in [0.25, 0.3) is 0 Å². The molecular weight excluding hydrogens is 283 g/mol. The summed E-state index contributed by atoms with van der Waals surface area (Å²) in [5.74, 6) is -1.59. The van der Waals surface area contributed by atoms with Gasteiger partial charge in [-0.15, -0.1) is 0 Å². The zero-order chi connectivity index (χ0) is 15.8. The fourth-order valence-electron chi connectivity index (χ4n) is 2.61. The lowest BCUT2D eigenvalue weighted by molar-refractivity contribution is -0.140. The van der Waals surface area contributed by atoms with Crippen molar-refractivity contribution in [3.8, 4) is 0 Å². The fraction of sp³-hybridized carbons (Fsp3) is 0.533. The summed E-state index contributed by atoms with van der Waals surface area (Å²) < 4.78 is 39.6. The van der Waals surface area contributed by atoms with Crippen LogP contribution in [0.1, 0.15) is 36.3 Å². The van der Waals surface area contributed by atoms with E-state index in [4.69, 9.17) is 5.11 Å². The lowest BCUT2D eigenvalue weighted by atomic mass is 9.87. The summed E-state index contributed by atoms with van der Waals surface area (Å²) in [5, 5.41) is 9.00. The highest BCUT2D eigenvalue weighted by Crippen LogP contribution is 2.48. The number of hydrogen-bond acceptors (Lipinski definition) is 2. The lowest BCUT2D eigenvalue weighted by Crippen LogP contribution is -2.17. The van der Waals surface area contributed by atoms with E-state index < -0.39 is 23.6 Å². The zero-order valence-corrected chi connectivity index (χ0v) is 11.9. The molecular formula is C15H18F3NO2. The Balaban J connectivity index is 2.50. The van der Waals surface area contributed by atoms with Crippen LogP contribution in [0.15, 0.2) is 18.2 Å². The molecule has 0 spiro atoms. The van der Waals surface area contributed by atoms with E-state index in [1.54, 1.807) is 19.0 Å². The predicted molar refractivity (Wildman–Crippen MR) is 73.5 cm³/mol. The molecule has 116 valence electrons. The molecule has 1 unspecified atom stereocenters. The van der Waals surface area contributed by atoms with Crippen molar-refractivity contribution in [2.45, 2.75) is 31.4 Å². The highest BCUT2D eigenvalue weighted by Gasteiger charge is 2.40. The molecule has 0 amide bonds. The van der Waals surface area contributed by atoms with Crippen molar-refractivity contribution in [2.75, 3.05) is 19.0 Å². The molecule has 0 radical (unpaired) electrons. The van der Waals surface area contributed by atoms with Gasteiger partial charge in [0.05, 0.1) is 12.0 Å².